The van der Waals surface area contributed by atoms with Crippen molar-refractivity contribution >= 4 is 5.91 Å². The lowest BCUT2D eigenvalue weighted by molar-refractivity contribution is 0.0934. The van der Waals surface area contributed by atoms with Gasteiger partial charge in [-0.05, 0) is 6.42 Å². The first-order valence-corrected chi connectivity index (χ1v) is 5.49. The molecule has 0 saturated heterocycles. The first-order chi connectivity index (χ1) is 8.20. The van der Waals surface area contributed by atoms with Crippen molar-refractivity contribution in [2.45, 2.75) is 19.4 Å². The van der Waals surface area contributed by atoms with Crippen molar-refractivity contribution in [1.82, 2.24) is 25.1 Å². The van der Waals surface area contributed by atoms with Crippen LogP contribution in [-0.2, 0) is 7.05 Å². The van der Waals surface area contributed by atoms with Gasteiger partial charge in [-0.25, -0.2) is 4.98 Å². The Morgan fingerprint density at radius 3 is 3.00 bits per heavy atom. The normalized spacial score (nSPS) is 12.4. The van der Waals surface area contributed by atoms with Gasteiger partial charge in [-0.2, -0.15) is 5.10 Å². The third-order valence-corrected chi connectivity index (χ3v) is 2.53. The molecule has 0 aliphatic heterocycles. The van der Waals surface area contributed by atoms with Crippen LogP contribution in [0.5, 0.6) is 0 Å². The number of rotatable bonds is 4. The van der Waals surface area contributed by atoms with Crippen molar-refractivity contribution in [3.8, 4) is 0 Å². The number of aryl methyl sites for hydroxylation is 1. The molecule has 0 spiro atoms. The number of imidazole rings is 1. The molecule has 2 aromatic rings. The molecule has 2 heterocycles. The van der Waals surface area contributed by atoms with Gasteiger partial charge in [-0.3, -0.25) is 9.48 Å². The second-order valence-corrected chi connectivity index (χ2v) is 3.81. The highest BCUT2D eigenvalue weighted by Gasteiger charge is 2.16. The van der Waals surface area contributed by atoms with Gasteiger partial charge in [0.2, 0.25) is 0 Å². The smallest absolute Gasteiger partial charge is 0.255 e. The number of hydrogen-bond acceptors (Lipinski definition) is 3. The molecule has 90 valence electrons. The number of nitrogens with one attached hydrogen (secondary N) is 2. The fourth-order valence-electron chi connectivity index (χ4n) is 1.61. The van der Waals surface area contributed by atoms with Crippen LogP contribution >= 0.6 is 0 Å². The molecule has 2 N–H and O–H groups in total. The average Bonchev–Trinajstić information content (AvgIpc) is 2.96. The fourth-order valence-corrected chi connectivity index (χ4v) is 1.61. The molecule has 0 aliphatic carbocycles. The maximum Gasteiger partial charge on any atom is 0.255 e. The van der Waals surface area contributed by atoms with Crippen LogP contribution in [0.25, 0.3) is 0 Å². The first kappa shape index (κ1) is 11.4. The number of aromatic amines is 1. The Hall–Kier alpha value is -2.11. The lowest BCUT2D eigenvalue weighted by atomic mass is 10.2. The summed E-state index contributed by atoms with van der Waals surface area (Å²) in [4.78, 5) is 19.1. The SMILES string of the molecule is CCC(NC(=O)c1cnn(C)c1)c1ncc[nH]1. The number of aromatic nitrogens is 4. The molecule has 1 amide bonds. The average molecular weight is 233 g/mol. The Balaban J connectivity index is 2.07. The zero-order valence-electron chi connectivity index (χ0n) is 9.84. The van der Waals surface area contributed by atoms with Crippen LogP contribution in [-0.4, -0.2) is 25.7 Å². The van der Waals surface area contributed by atoms with Gasteiger partial charge in [0.05, 0.1) is 17.8 Å². The first-order valence-electron chi connectivity index (χ1n) is 5.49. The summed E-state index contributed by atoms with van der Waals surface area (Å²) in [5.74, 6) is 0.631. The van der Waals surface area contributed by atoms with Crippen LogP contribution in [0.1, 0.15) is 35.6 Å². The predicted molar refractivity (Wildman–Crippen MR) is 62.3 cm³/mol. The maximum absolute atomic E-state index is 11.9. The van der Waals surface area contributed by atoms with Gasteiger partial charge in [-0.1, -0.05) is 6.92 Å². The standard InChI is InChI=1S/C11H15N5O/c1-3-9(10-12-4-5-13-10)15-11(17)8-6-14-16(2)7-8/h4-7,9H,3H2,1-2H3,(H,12,13)(H,15,17). The molecular formula is C11H15N5O. The van der Waals surface area contributed by atoms with Gasteiger partial charge in [0, 0.05) is 25.6 Å². The Bertz CT molecular complexity index is 488. The molecule has 0 radical (unpaired) electrons. The van der Waals surface area contributed by atoms with Crippen LogP contribution in [0.4, 0.5) is 0 Å². The van der Waals surface area contributed by atoms with Crippen LogP contribution in [0.15, 0.2) is 24.8 Å². The Morgan fingerprint density at radius 2 is 2.47 bits per heavy atom. The molecular weight excluding hydrogens is 218 g/mol. The summed E-state index contributed by atoms with van der Waals surface area (Å²) in [6.07, 6.45) is 7.43. The van der Waals surface area contributed by atoms with Gasteiger partial charge in [0.1, 0.15) is 5.82 Å². The second-order valence-electron chi connectivity index (χ2n) is 3.81. The van der Waals surface area contributed by atoms with E-state index >= 15 is 0 Å². The van der Waals surface area contributed by atoms with Crippen LogP contribution in [0, 0.1) is 0 Å². The molecule has 0 aliphatic rings. The molecule has 2 rings (SSSR count). The number of H-pyrrole nitrogens is 1. The Morgan fingerprint density at radius 1 is 1.65 bits per heavy atom. The topological polar surface area (TPSA) is 75.6 Å². The van der Waals surface area contributed by atoms with E-state index in [1.165, 1.54) is 0 Å². The third kappa shape index (κ3) is 2.52. The lowest BCUT2D eigenvalue weighted by Crippen LogP contribution is -2.28. The molecule has 0 bridgehead atoms. The van der Waals surface area contributed by atoms with Crippen LogP contribution in [0.3, 0.4) is 0 Å². The minimum Gasteiger partial charge on any atom is -0.347 e. The van der Waals surface area contributed by atoms with E-state index in [4.69, 9.17) is 0 Å². The zero-order chi connectivity index (χ0) is 12.3. The number of amides is 1. The molecule has 1 unspecified atom stereocenters. The van der Waals surface area contributed by atoms with Crippen molar-refractivity contribution in [2.75, 3.05) is 0 Å². The van der Waals surface area contributed by atoms with Crippen LogP contribution < -0.4 is 5.32 Å². The van der Waals surface area contributed by atoms with E-state index in [9.17, 15) is 4.79 Å². The van der Waals surface area contributed by atoms with Gasteiger partial charge in [-0.15, -0.1) is 0 Å². The Kier molecular flexibility index (Phi) is 3.22. The largest absolute Gasteiger partial charge is 0.347 e. The molecule has 1 atom stereocenters. The third-order valence-electron chi connectivity index (χ3n) is 2.53. The van der Waals surface area contributed by atoms with E-state index in [1.807, 2.05) is 6.92 Å². The summed E-state index contributed by atoms with van der Waals surface area (Å²) < 4.78 is 1.60. The van der Waals surface area contributed by atoms with Gasteiger partial charge in [0.25, 0.3) is 5.91 Å². The summed E-state index contributed by atoms with van der Waals surface area (Å²) in [5, 5.41) is 6.88. The van der Waals surface area contributed by atoms with Gasteiger partial charge in [0.15, 0.2) is 0 Å². The summed E-state index contributed by atoms with van der Waals surface area (Å²) in [5.41, 5.74) is 0.553. The lowest BCUT2D eigenvalue weighted by Gasteiger charge is -2.13. The monoisotopic (exact) mass is 233 g/mol. The van der Waals surface area contributed by atoms with E-state index in [0.717, 1.165) is 12.2 Å². The summed E-state index contributed by atoms with van der Waals surface area (Å²) >= 11 is 0. The van der Waals surface area contributed by atoms with E-state index in [1.54, 1.807) is 36.5 Å². The maximum atomic E-state index is 11.9. The molecule has 0 saturated carbocycles. The minimum atomic E-state index is -0.138. The number of hydrogen-bond donors (Lipinski definition) is 2. The molecule has 0 aromatic carbocycles. The minimum absolute atomic E-state index is 0.0993. The summed E-state index contributed by atoms with van der Waals surface area (Å²) in [6, 6.07) is -0.0993. The highest BCUT2D eigenvalue weighted by molar-refractivity contribution is 5.93. The number of carbonyl (C=O) groups is 1. The van der Waals surface area contributed by atoms with E-state index in [2.05, 4.69) is 20.4 Å². The fraction of sp³-hybridized carbons (Fsp3) is 0.364. The van der Waals surface area contributed by atoms with Crippen molar-refractivity contribution < 1.29 is 4.79 Å². The Labute approximate surface area is 99.1 Å². The molecule has 2 aromatic heterocycles. The molecule has 0 fully saturated rings. The van der Waals surface area contributed by atoms with E-state index in [0.29, 0.717) is 5.56 Å². The second kappa shape index (κ2) is 4.82. The highest BCUT2D eigenvalue weighted by atomic mass is 16.1. The predicted octanol–water partition coefficient (Wildman–Crippen LogP) is 1.02. The van der Waals surface area contributed by atoms with E-state index in [-0.39, 0.29) is 11.9 Å². The molecule has 17 heavy (non-hydrogen) atoms. The van der Waals surface area contributed by atoms with Crippen LogP contribution in [0.2, 0.25) is 0 Å². The van der Waals surface area contributed by atoms with Crippen molar-refractivity contribution in [3.05, 3.63) is 36.2 Å². The van der Waals surface area contributed by atoms with Gasteiger partial charge < -0.3 is 10.3 Å². The van der Waals surface area contributed by atoms with E-state index < -0.39 is 0 Å². The van der Waals surface area contributed by atoms with Crippen molar-refractivity contribution in [2.24, 2.45) is 7.05 Å². The number of nitrogens with zero attached hydrogens (tertiary/aromatic N) is 3. The molecule has 6 nitrogen and oxygen atoms in total. The van der Waals surface area contributed by atoms with Crippen molar-refractivity contribution in [3.63, 3.8) is 0 Å². The summed E-state index contributed by atoms with van der Waals surface area (Å²) in [6.45, 7) is 2.00. The van der Waals surface area contributed by atoms with Gasteiger partial charge >= 0.3 is 0 Å². The quantitative estimate of drug-likeness (QED) is 0.828. The van der Waals surface area contributed by atoms with Crippen molar-refractivity contribution in [1.29, 1.82) is 0 Å². The molecule has 6 heteroatoms. The highest BCUT2D eigenvalue weighted by Crippen LogP contribution is 2.12. The number of carbonyl (C=O) groups excluding carboxylic acids is 1. The summed E-state index contributed by atoms with van der Waals surface area (Å²) in [7, 11) is 1.78. The zero-order valence-corrected chi connectivity index (χ0v) is 9.84.